The minimum atomic E-state index is -1.93. The van der Waals surface area contributed by atoms with Gasteiger partial charge < -0.3 is 13.6 Å². The van der Waals surface area contributed by atoms with Crippen molar-refractivity contribution in [2.75, 3.05) is 0 Å². The second-order valence-electron chi connectivity index (χ2n) is 20.5. The smallest absolute Gasteiger partial charge is 0.408 e. The quantitative estimate of drug-likeness (QED) is 0.231. The molecule has 0 bridgehead atoms. The first-order chi connectivity index (χ1) is 21.8. The summed E-state index contributed by atoms with van der Waals surface area (Å²) in [6.07, 6.45) is 0. The van der Waals surface area contributed by atoms with Crippen LogP contribution in [0.3, 0.4) is 0 Å². The summed E-state index contributed by atoms with van der Waals surface area (Å²) in [7, 11) is -1.93. The van der Waals surface area contributed by atoms with Crippen molar-refractivity contribution in [3.05, 3.63) is 86.5 Å². The van der Waals surface area contributed by atoms with E-state index in [-0.39, 0.29) is 53.6 Å². The van der Waals surface area contributed by atoms with Crippen LogP contribution in [-0.2, 0) is 53.6 Å². The first-order valence-corrected chi connectivity index (χ1v) is 19.2. The Labute approximate surface area is 323 Å². The molecule has 0 saturated carbocycles. The van der Waals surface area contributed by atoms with Gasteiger partial charge in [0.1, 0.15) is 17.2 Å². The molecule has 0 fully saturated rings. The monoisotopic (exact) mass is 883 g/mol. The van der Waals surface area contributed by atoms with E-state index in [2.05, 4.69) is 182 Å². The average Bonchev–Trinajstić information content (AvgIpc) is 2.84. The van der Waals surface area contributed by atoms with E-state index in [9.17, 15) is 0 Å². The fourth-order valence-corrected chi connectivity index (χ4v) is 7.80. The third kappa shape index (κ3) is 10.6. The van der Waals surface area contributed by atoms with E-state index in [1.807, 2.05) is 0 Å². The van der Waals surface area contributed by atoms with Crippen LogP contribution >= 0.6 is 8.60 Å². The number of rotatable bonds is 6. The average molecular weight is 884 g/mol. The Morgan fingerprint density at radius 2 is 0.500 bits per heavy atom. The maximum Gasteiger partial charge on any atom is 0.530 e. The van der Waals surface area contributed by atoms with Gasteiger partial charge in [-0.25, -0.2) is 0 Å². The van der Waals surface area contributed by atoms with Crippen molar-refractivity contribution in [1.29, 1.82) is 0 Å². The van der Waals surface area contributed by atoms with E-state index in [0.717, 1.165) is 33.9 Å². The van der Waals surface area contributed by atoms with Gasteiger partial charge in [-0.3, -0.25) is 0 Å². The summed E-state index contributed by atoms with van der Waals surface area (Å²) >= 11 is 0. The van der Waals surface area contributed by atoms with Crippen LogP contribution in [0.1, 0.15) is 175 Å². The standard InChI is InChI=1S/C45H69O3P.Pt/c1-28-22-37(34(43(13,14)15)25-31(28)40(4,5)6)46-49(47-38-23-29(2)32(41(7,8)9)26-35(38)44(16,17)18)48-39-24-30(3)33(42(10,11)12)27-36(39)45(19,20)21;/h22-27H,1-21H3;. The normalized spacial score (nSPS) is 13.3. The topological polar surface area (TPSA) is 27.7 Å². The molecule has 0 radical (unpaired) electrons. The van der Waals surface area contributed by atoms with E-state index in [0.29, 0.717) is 0 Å². The number of hydrogen-bond donors (Lipinski definition) is 0. The molecule has 0 aliphatic heterocycles. The number of aryl methyl sites for hydroxylation is 3. The molecule has 50 heavy (non-hydrogen) atoms. The van der Waals surface area contributed by atoms with Crippen molar-refractivity contribution in [3.8, 4) is 17.2 Å². The zero-order chi connectivity index (χ0) is 37.9. The SMILES string of the molecule is Cc1cc(OP(Oc2cc(C)c(C(C)(C)C)cc2C(C)(C)C)Oc2cc(C)c(C(C)(C)C)cc2C(C)(C)C)c(C(C)(C)C)cc1C(C)(C)C.[Pt]. The van der Waals surface area contributed by atoms with Crippen LogP contribution in [0, 0.1) is 20.8 Å². The van der Waals surface area contributed by atoms with E-state index in [1.165, 1.54) is 33.4 Å². The summed E-state index contributed by atoms with van der Waals surface area (Å²) in [6.45, 7) is 47.3. The zero-order valence-electron chi connectivity index (χ0n) is 35.5. The molecular weight excluding hydrogens is 815 g/mol. The molecule has 0 heterocycles. The minimum Gasteiger partial charge on any atom is -0.408 e. The predicted molar refractivity (Wildman–Crippen MR) is 215 cm³/mol. The van der Waals surface area contributed by atoms with Crippen LogP contribution < -0.4 is 13.6 Å². The molecule has 0 aliphatic rings. The Kier molecular flexibility index (Phi) is 13.2. The van der Waals surface area contributed by atoms with Gasteiger partial charge in [0, 0.05) is 37.8 Å². The molecule has 3 rings (SSSR count). The van der Waals surface area contributed by atoms with Crippen LogP contribution in [-0.4, -0.2) is 0 Å². The van der Waals surface area contributed by atoms with Crippen LogP contribution in [0.4, 0.5) is 0 Å². The molecule has 0 aliphatic carbocycles. The van der Waals surface area contributed by atoms with Crippen LogP contribution in [0.15, 0.2) is 36.4 Å². The van der Waals surface area contributed by atoms with Gasteiger partial charge in [0.15, 0.2) is 0 Å². The van der Waals surface area contributed by atoms with Gasteiger partial charge in [-0.15, -0.1) is 0 Å². The Morgan fingerprint density at radius 3 is 0.660 bits per heavy atom. The summed E-state index contributed by atoms with van der Waals surface area (Å²) in [5.74, 6) is 2.43. The maximum absolute atomic E-state index is 7.06. The molecule has 0 saturated heterocycles. The fourth-order valence-electron chi connectivity index (χ4n) is 6.75. The second kappa shape index (κ2) is 14.9. The van der Waals surface area contributed by atoms with Gasteiger partial charge in [-0.05, 0) is 105 Å². The summed E-state index contributed by atoms with van der Waals surface area (Å²) in [5.41, 5.74) is 10.5. The van der Waals surface area contributed by atoms with E-state index in [4.69, 9.17) is 13.6 Å². The Hall–Kier alpha value is -1.82. The number of hydrogen-bond acceptors (Lipinski definition) is 3. The third-order valence-corrected chi connectivity index (χ3v) is 10.4. The van der Waals surface area contributed by atoms with E-state index in [1.54, 1.807) is 0 Å². The summed E-state index contributed by atoms with van der Waals surface area (Å²) in [5, 5.41) is 0. The molecule has 0 aromatic heterocycles. The zero-order valence-corrected chi connectivity index (χ0v) is 38.6. The third-order valence-electron chi connectivity index (χ3n) is 9.35. The molecule has 0 unspecified atom stereocenters. The van der Waals surface area contributed by atoms with Gasteiger partial charge in [0.2, 0.25) is 0 Å². The van der Waals surface area contributed by atoms with Crippen LogP contribution in [0.2, 0.25) is 0 Å². The first-order valence-electron chi connectivity index (χ1n) is 18.1. The van der Waals surface area contributed by atoms with Gasteiger partial charge in [-0.1, -0.05) is 143 Å². The first kappa shape index (κ1) is 44.3. The Bertz CT molecular complexity index is 1460. The van der Waals surface area contributed by atoms with Gasteiger partial charge in [0.25, 0.3) is 0 Å². The molecule has 0 amide bonds. The summed E-state index contributed by atoms with van der Waals surface area (Å²) in [4.78, 5) is 0. The van der Waals surface area contributed by atoms with Crippen molar-refractivity contribution in [2.24, 2.45) is 0 Å². The molecule has 3 nitrogen and oxygen atoms in total. The van der Waals surface area contributed by atoms with Crippen LogP contribution in [0.25, 0.3) is 0 Å². The Morgan fingerprint density at radius 1 is 0.320 bits per heavy atom. The van der Waals surface area contributed by atoms with Crippen molar-refractivity contribution < 1.29 is 34.6 Å². The molecule has 0 spiro atoms. The molecule has 3 aromatic carbocycles. The summed E-state index contributed by atoms with van der Waals surface area (Å²) < 4.78 is 21.2. The Balaban J connectivity index is 0.00000867. The van der Waals surface area contributed by atoms with Gasteiger partial charge >= 0.3 is 8.60 Å². The van der Waals surface area contributed by atoms with Crippen molar-refractivity contribution in [3.63, 3.8) is 0 Å². The van der Waals surface area contributed by atoms with E-state index < -0.39 is 8.60 Å². The molecule has 0 N–H and O–H groups in total. The molecule has 5 heteroatoms. The van der Waals surface area contributed by atoms with Crippen molar-refractivity contribution >= 4 is 8.60 Å². The van der Waals surface area contributed by atoms with Crippen LogP contribution in [0.5, 0.6) is 17.2 Å². The largest absolute Gasteiger partial charge is 0.530 e. The molecule has 282 valence electrons. The predicted octanol–water partition coefficient (Wildman–Crippen LogP) is 14.2. The second-order valence-corrected chi connectivity index (χ2v) is 21.5. The van der Waals surface area contributed by atoms with Gasteiger partial charge in [-0.2, -0.15) is 0 Å². The molecular formula is C45H69O3PPt. The number of benzene rings is 3. The molecule has 0 atom stereocenters. The van der Waals surface area contributed by atoms with E-state index >= 15 is 0 Å². The fraction of sp³-hybridized carbons (Fsp3) is 0.600. The van der Waals surface area contributed by atoms with Crippen molar-refractivity contribution in [1.82, 2.24) is 0 Å². The minimum absolute atomic E-state index is 0. The van der Waals surface area contributed by atoms with Gasteiger partial charge in [0.05, 0.1) is 0 Å². The molecule has 3 aromatic rings. The van der Waals surface area contributed by atoms with Crippen molar-refractivity contribution in [2.45, 2.75) is 178 Å². The summed E-state index contributed by atoms with van der Waals surface area (Å²) in [6, 6.07) is 13.6. The maximum atomic E-state index is 7.06.